The molecule has 156 valence electrons. The van der Waals surface area contributed by atoms with E-state index in [2.05, 4.69) is 4.98 Å². The summed E-state index contributed by atoms with van der Waals surface area (Å²) in [4.78, 5) is 34.1. The van der Waals surface area contributed by atoms with E-state index < -0.39 is 0 Å². The van der Waals surface area contributed by atoms with Gasteiger partial charge in [0, 0.05) is 31.6 Å². The Labute approximate surface area is 178 Å². The zero-order chi connectivity index (χ0) is 21.4. The summed E-state index contributed by atoms with van der Waals surface area (Å²) in [5.41, 5.74) is 1.95. The Morgan fingerprint density at radius 2 is 1.65 bits per heavy atom. The van der Waals surface area contributed by atoms with Crippen LogP contribution in [0.4, 0.5) is 0 Å². The first-order chi connectivity index (χ1) is 15.1. The highest BCUT2D eigenvalue weighted by molar-refractivity contribution is 6.07. The van der Waals surface area contributed by atoms with E-state index in [-0.39, 0.29) is 11.8 Å². The van der Waals surface area contributed by atoms with Crippen molar-refractivity contribution in [3.63, 3.8) is 0 Å². The van der Waals surface area contributed by atoms with Crippen LogP contribution in [0.1, 0.15) is 26.7 Å². The number of piperazine rings is 1. The van der Waals surface area contributed by atoms with Gasteiger partial charge in [0.2, 0.25) is 0 Å². The summed E-state index contributed by atoms with van der Waals surface area (Å²) < 4.78 is 10.9. The van der Waals surface area contributed by atoms with Crippen LogP contribution in [-0.2, 0) is 0 Å². The summed E-state index contributed by atoms with van der Waals surface area (Å²) in [6.45, 7) is 3.70. The first-order valence-electron chi connectivity index (χ1n) is 10.2. The first kappa shape index (κ1) is 19.1. The number of benzene rings is 1. The summed E-state index contributed by atoms with van der Waals surface area (Å²) in [7, 11) is 0. The fraction of sp³-hybridized carbons (Fsp3) is 0.208. The highest BCUT2D eigenvalue weighted by Gasteiger charge is 2.28. The molecule has 5 rings (SSSR count). The average molecular weight is 415 g/mol. The molecule has 0 aliphatic carbocycles. The van der Waals surface area contributed by atoms with Crippen molar-refractivity contribution in [1.29, 1.82) is 0 Å². The second-order valence-corrected chi connectivity index (χ2v) is 7.54. The largest absolute Gasteiger partial charge is 0.460 e. The van der Waals surface area contributed by atoms with Crippen molar-refractivity contribution in [2.45, 2.75) is 6.92 Å². The quantitative estimate of drug-likeness (QED) is 0.505. The molecule has 1 aliphatic heterocycles. The van der Waals surface area contributed by atoms with Gasteiger partial charge >= 0.3 is 0 Å². The standard InChI is InChI=1S/C24H21N3O4/c1-16-8-9-21(31-16)20-15-18(17-5-2-3-6-19(17)25-20)23(28)26-10-12-27(13-11-26)24(29)22-7-4-14-30-22/h2-9,14-15H,10-13H2,1H3. The molecule has 0 unspecified atom stereocenters. The number of carbonyl (C=O) groups is 2. The number of nitrogens with zero attached hydrogens (tertiary/aromatic N) is 3. The van der Waals surface area contributed by atoms with Gasteiger partial charge in [0.15, 0.2) is 11.5 Å². The number of hydrogen-bond donors (Lipinski definition) is 0. The molecule has 7 heteroatoms. The maximum Gasteiger partial charge on any atom is 0.289 e. The minimum Gasteiger partial charge on any atom is -0.460 e. The van der Waals surface area contributed by atoms with Crippen molar-refractivity contribution in [1.82, 2.24) is 14.8 Å². The van der Waals surface area contributed by atoms with Crippen molar-refractivity contribution in [2.24, 2.45) is 0 Å². The first-order valence-corrected chi connectivity index (χ1v) is 10.2. The third kappa shape index (κ3) is 3.59. The van der Waals surface area contributed by atoms with Gasteiger partial charge in [-0.15, -0.1) is 0 Å². The minimum atomic E-state index is -0.151. The lowest BCUT2D eigenvalue weighted by Gasteiger charge is -2.34. The molecule has 1 fully saturated rings. The summed E-state index contributed by atoms with van der Waals surface area (Å²) in [6, 6.07) is 16.5. The zero-order valence-electron chi connectivity index (χ0n) is 17.1. The molecule has 0 bridgehead atoms. The topological polar surface area (TPSA) is 79.8 Å². The van der Waals surface area contributed by atoms with Crippen LogP contribution in [0.25, 0.3) is 22.4 Å². The summed E-state index contributed by atoms with van der Waals surface area (Å²) >= 11 is 0. The second-order valence-electron chi connectivity index (χ2n) is 7.54. The van der Waals surface area contributed by atoms with Crippen LogP contribution < -0.4 is 0 Å². The molecule has 31 heavy (non-hydrogen) atoms. The van der Waals surface area contributed by atoms with Crippen LogP contribution in [0.15, 0.2) is 69.7 Å². The normalized spacial score (nSPS) is 14.2. The lowest BCUT2D eigenvalue weighted by Crippen LogP contribution is -2.50. The van der Waals surface area contributed by atoms with E-state index in [1.807, 2.05) is 43.3 Å². The number of hydrogen-bond acceptors (Lipinski definition) is 5. The van der Waals surface area contributed by atoms with Crippen LogP contribution in [0.5, 0.6) is 0 Å². The van der Waals surface area contributed by atoms with E-state index in [9.17, 15) is 9.59 Å². The molecule has 1 aromatic carbocycles. The number of fused-ring (bicyclic) bond motifs is 1. The molecule has 2 amide bonds. The van der Waals surface area contributed by atoms with E-state index >= 15 is 0 Å². The van der Waals surface area contributed by atoms with Gasteiger partial charge in [-0.25, -0.2) is 4.98 Å². The lowest BCUT2D eigenvalue weighted by atomic mass is 10.0. The van der Waals surface area contributed by atoms with Gasteiger partial charge in [0.25, 0.3) is 11.8 Å². The molecule has 0 atom stereocenters. The summed E-state index contributed by atoms with van der Waals surface area (Å²) in [5, 5.41) is 0.800. The van der Waals surface area contributed by atoms with Crippen molar-refractivity contribution in [3.8, 4) is 11.5 Å². The zero-order valence-corrected chi connectivity index (χ0v) is 17.1. The third-order valence-corrected chi connectivity index (χ3v) is 5.53. The van der Waals surface area contributed by atoms with E-state index in [1.54, 1.807) is 28.0 Å². The van der Waals surface area contributed by atoms with Crippen molar-refractivity contribution in [3.05, 3.63) is 77.9 Å². The Balaban J connectivity index is 1.41. The van der Waals surface area contributed by atoms with E-state index in [0.29, 0.717) is 49.0 Å². The van der Waals surface area contributed by atoms with E-state index in [4.69, 9.17) is 8.83 Å². The highest BCUT2D eigenvalue weighted by atomic mass is 16.3. The van der Waals surface area contributed by atoms with Gasteiger partial charge in [-0.3, -0.25) is 9.59 Å². The maximum absolute atomic E-state index is 13.5. The molecule has 3 aromatic heterocycles. The fourth-order valence-electron chi connectivity index (χ4n) is 3.89. The molecule has 0 saturated carbocycles. The van der Waals surface area contributed by atoms with Gasteiger partial charge in [0.1, 0.15) is 11.5 Å². The Kier molecular flexibility index (Phi) is 4.78. The molecule has 0 N–H and O–H groups in total. The lowest BCUT2D eigenvalue weighted by molar-refractivity contribution is 0.0519. The number of para-hydroxylation sites is 1. The van der Waals surface area contributed by atoms with Gasteiger partial charge in [-0.05, 0) is 43.3 Å². The SMILES string of the molecule is Cc1ccc(-c2cc(C(=O)N3CCN(C(=O)c4ccco4)CC3)c3ccccc3n2)o1. The predicted octanol–water partition coefficient (Wildman–Crippen LogP) is 3.99. The van der Waals surface area contributed by atoms with Gasteiger partial charge in [-0.1, -0.05) is 18.2 Å². The predicted molar refractivity (Wildman–Crippen MR) is 115 cm³/mol. The average Bonchev–Trinajstić information content (AvgIpc) is 3.50. The van der Waals surface area contributed by atoms with Gasteiger partial charge in [-0.2, -0.15) is 0 Å². The number of pyridine rings is 1. The van der Waals surface area contributed by atoms with Crippen molar-refractivity contribution < 1.29 is 18.4 Å². The molecule has 4 heterocycles. The maximum atomic E-state index is 13.5. The monoisotopic (exact) mass is 415 g/mol. The minimum absolute atomic E-state index is 0.0757. The molecule has 1 aliphatic rings. The number of aromatic nitrogens is 1. The number of aryl methyl sites for hydroxylation is 1. The van der Waals surface area contributed by atoms with Crippen LogP contribution in [0.2, 0.25) is 0 Å². The Hall–Kier alpha value is -3.87. The molecule has 0 spiro atoms. The van der Waals surface area contributed by atoms with Gasteiger partial charge in [0.05, 0.1) is 17.3 Å². The Morgan fingerprint density at radius 3 is 2.32 bits per heavy atom. The molecule has 1 saturated heterocycles. The molecule has 7 nitrogen and oxygen atoms in total. The summed E-state index contributed by atoms with van der Waals surface area (Å²) in [6.07, 6.45) is 1.49. The van der Waals surface area contributed by atoms with E-state index in [0.717, 1.165) is 16.7 Å². The second kappa shape index (κ2) is 7.75. The van der Waals surface area contributed by atoms with Crippen LogP contribution in [0.3, 0.4) is 0 Å². The number of rotatable bonds is 3. The third-order valence-electron chi connectivity index (χ3n) is 5.53. The highest BCUT2D eigenvalue weighted by Crippen LogP contribution is 2.27. The molecular weight excluding hydrogens is 394 g/mol. The Bertz CT molecular complexity index is 1250. The molecule has 4 aromatic rings. The fourth-order valence-corrected chi connectivity index (χ4v) is 3.89. The van der Waals surface area contributed by atoms with Crippen molar-refractivity contribution in [2.75, 3.05) is 26.2 Å². The number of amides is 2. The summed E-state index contributed by atoms with van der Waals surface area (Å²) in [5.74, 6) is 1.51. The van der Waals surface area contributed by atoms with Crippen molar-refractivity contribution >= 4 is 22.7 Å². The van der Waals surface area contributed by atoms with Crippen LogP contribution in [0, 0.1) is 6.92 Å². The van der Waals surface area contributed by atoms with Crippen LogP contribution in [-0.4, -0.2) is 52.8 Å². The Morgan fingerprint density at radius 1 is 0.903 bits per heavy atom. The number of carbonyl (C=O) groups excluding carboxylic acids is 2. The number of furan rings is 2. The van der Waals surface area contributed by atoms with Gasteiger partial charge < -0.3 is 18.6 Å². The molecule has 0 radical (unpaired) electrons. The molecular formula is C24H21N3O4. The smallest absolute Gasteiger partial charge is 0.289 e. The van der Waals surface area contributed by atoms with Crippen LogP contribution >= 0.6 is 0 Å². The van der Waals surface area contributed by atoms with E-state index in [1.165, 1.54) is 6.26 Å².